The molecule has 0 spiro atoms. The molecule has 0 unspecified atom stereocenters. The Hall–Kier alpha value is -1.56. The van der Waals surface area contributed by atoms with Crippen LogP contribution in [0.25, 0.3) is 0 Å². The molecule has 0 saturated heterocycles. The second kappa shape index (κ2) is 7.13. The smallest absolute Gasteiger partial charge is 0.410 e. The summed E-state index contributed by atoms with van der Waals surface area (Å²) in [6.45, 7) is 7.68. The van der Waals surface area contributed by atoms with Gasteiger partial charge in [0, 0.05) is 13.6 Å². The number of amides is 1. The van der Waals surface area contributed by atoms with Crippen LogP contribution in [0.4, 0.5) is 4.79 Å². The average molecular weight is 269 g/mol. The fourth-order valence-electron chi connectivity index (χ4n) is 1.41. The van der Waals surface area contributed by atoms with E-state index in [2.05, 4.69) is 10.3 Å². The summed E-state index contributed by atoms with van der Waals surface area (Å²) in [7, 11) is 1.74. The summed E-state index contributed by atoms with van der Waals surface area (Å²) in [6.07, 6.45) is 3.65. The summed E-state index contributed by atoms with van der Waals surface area (Å²) in [5.41, 5.74) is -0.449. The Bertz CT molecular complexity index is 371. The van der Waals surface area contributed by atoms with Crippen LogP contribution < -0.4 is 5.32 Å². The Labute approximate surface area is 114 Å². The second-order valence-corrected chi connectivity index (χ2v) is 5.40. The number of ether oxygens (including phenoxy) is 1. The zero-order chi connectivity index (χ0) is 14.3. The minimum Gasteiger partial charge on any atom is -0.447 e. The molecule has 108 valence electrons. The quantitative estimate of drug-likeness (QED) is 0.800. The van der Waals surface area contributed by atoms with Crippen LogP contribution in [0, 0.1) is 0 Å². The molecule has 6 heteroatoms. The van der Waals surface area contributed by atoms with Crippen molar-refractivity contribution in [3.8, 4) is 0 Å². The lowest BCUT2D eigenvalue weighted by atomic mass is 10.2. The molecule has 6 nitrogen and oxygen atoms in total. The molecule has 19 heavy (non-hydrogen) atoms. The van der Waals surface area contributed by atoms with E-state index in [9.17, 15) is 4.79 Å². The van der Waals surface area contributed by atoms with Gasteiger partial charge in [0.05, 0.1) is 12.7 Å². The first-order valence-electron chi connectivity index (χ1n) is 6.40. The third kappa shape index (κ3) is 6.81. The largest absolute Gasteiger partial charge is 0.447 e. The van der Waals surface area contributed by atoms with E-state index in [0.717, 1.165) is 18.7 Å². The Morgan fingerprint density at radius 1 is 1.53 bits per heavy atom. The second-order valence-electron chi connectivity index (χ2n) is 5.40. The minimum atomic E-state index is -0.449. The SMILES string of the molecule is CN(CCCNCc1cnco1)C(=O)OC(C)(C)C. The average Bonchev–Trinajstić information content (AvgIpc) is 2.79. The van der Waals surface area contributed by atoms with Crippen LogP contribution in [0.1, 0.15) is 33.0 Å². The van der Waals surface area contributed by atoms with E-state index in [0.29, 0.717) is 13.1 Å². The zero-order valence-corrected chi connectivity index (χ0v) is 12.1. The van der Waals surface area contributed by atoms with Gasteiger partial charge in [-0.05, 0) is 33.7 Å². The van der Waals surface area contributed by atoms with Crippen molar-refractivity contribution >= 4 is 6.09 Å². The Kier molecular flexibility index (Phi) is 5.82. The topological polar surface area (TPSA) is 67.6 Å². The van der Waals surface area contributed by atoms with Gasteiger partial charge in [0.25, 0.3) is 0 Å². The minimum absolute atomic E-state index is 0.289. The first-order chi connectivity index (χ1) is 8.88. The fraction of sp³-hybridized carbons (Fsp3) is 0.692. The molecule has 1 N–H and O–H groups in total. The van der Waals surface area contributed by atoms with Crippen LogP contribution in [0.2, 0.25) is 0 Å². The maximum atomic E-state index is 11.7. The Morgan fingerprint density at radius 3 is 2.84 bits per heavy atom. The number of carbonyl (C=O) groups excluding carboxylic acids is 1. The van der Waals surface area contributed by atoms with E-state index >= 15 is 0 Å². The van der Waals surface area contributed by atoms with Crippen LogP contribution in [-0.2, 0) is 11.3 Å². The number of nitrogens with zero attached hydrogens (tertiary/aromatic N) is 2. The van der Waals surface area contributed by atoms with Crippen molar-refractivity contribution in [2.75, 3.05) is 20.1 Å². The molecule has 0 bridgehead atoms. The van der Waals surface area contributed by atoms with Crippen molar-refractivity contribution in [2.45, 2.75) is 39.3 Å². The summed E-state index contributed by atoms with van der Waals surface area (Å²) in [5, 5.41) is 3.22. The van der Waals surface area contributed by atoms with Gasteiger partial charge >= 0.3 is 6.09 Å². The van der Waals surface area contributed by atoms with E-state index in [4.69, 9.17) is 9.15 Å². The van der Waals surface area contributed by atoms with Gasteiger partial charge in [-0.25, -0.2) is 9.78 Å². The number of carbonyl (C=O) groups is 1. The van der Waals surface area contributed by atoms with Crippen molar-refractivity contribution in [1.82, 2.24) is 15.2 Å². The first-order valence-corrected chi connectivity index (χ1v) is 6.40. The van der Waals surface area contributed by atoms with E-state index < -0.39 is 5.60 Å². The summed E-state index contributed by atoms with van der Waals surface area (Å²) in [6, 6.07) is 0. The molecule has 1 rings (SSSR count). The van der Waals surface area contributed by atoms with Gasteiger partial charge < -0.3 is 19.4 Å². The first kappa shape index (κ1) is 15.5. The van der Waals surface area contributed by atoms with Gasteiger partial charge in [-0.2, -0.15) is 0 Å². The maximum Gasteiger partial charge on any atom is 0.410 e. The lowest BCUT2D eigenvalue weighted by Crippen LogP contribution is -2.35. The molecule has 1 heterocycles. The molecule has 0 radical (unpaired) electrons. The predicted molar refractivity (Wildman–Crippen MR) is 71.7 cm³/mol. The highest BCUT2D eigenvalue weighted by atomic mass is 16.6. The normalized spacial score (nSPS) is 11.4. The van der Waals surface area contributed by atoms with Gasteiger partial charge in [-0.1, -0.05) is 0 Å². The van der Waals surface area contributed by atoms with E-state index in [1.54, 1.807) is 18.1 Å². The number of hydrogen-bond donors (Lipinski definition) is 1. The van der Waals surface area contributed by atoms with Crippen molar-refractivity contribution < 1.29 is 13.9 Å². The Balaban J connectivity index is 2.10. The molecular weight excluding hydrogens is 246 g/mol. The van der Waals surface area contributed by atoms with Crippen LogP contribution in [0.15, 0.2) is 17.0 Å². The van der Waals surface area contributed by atoms with Crippen molar-refractivity contribution in [1.29, 1.82) is 0 Å². The monoisotopic (exact) mass is 269 g/mol. The highest BCUT2D eigenvalue weighted by molar-refractivity contribution is 5.67. The van der Waals surface area contributed by atoms with Crippen LogP contribution >= 0.6 is 0 Å². The lowest BCUT2D eigenvalue weighted by Gasteiger charge is -2.24. The third-order valence-corrected chi connectivity index (χ3v) is 2.33. The molecule has 1 amide bonds. The van der Waals surface area contributed by atoms with Gasteiger partial charge in [-0.15, -0.1) is 0 Å². The molecule has 1 aromatic rings. The highest BCUT2D eigenvalue weighted by Crippen LogP contribution is 2.09. The molecule has 0 saturated carbocycles. The van der Waals surface area contributed by atoms with E-state index in [1.165, 1.54) is 6.39 Å². The highest BCUT2D eigenvalue weighted by Gasteiger charge is 2.18. The number of hydrogen-bond acceptors (Lipinski definition) is 5. The number of oxazole rings is 1. The summed E-state index contributed by atoms with van der Waals surface area (Å²) >= 11 is 0. The molecule has 0 aliphatic rings. The number of nitrogens with one attached hydrogen (secondary N) is 1. The molecular formula is C13H23N3O3. The summed E-state index contributed by atoms with van der Waals surface area (Å²) in [4.78, 5) is 17.1. The van der Waals surface area contributed by atoms with Gasteiger partial charge in [0.1, 0.15) is 11.4 Å². The summed E-state index contributed by atoms with van der Waals surface area (Å²) < 4.78 is 10.4. The lowest BCUT2D eigenvalue weighted by molar-refractivity contribution is 0.0297. The molecule has 0 aliphatic carbocycles. The van der Waals surface area contributed by atoms with E-state index in [1.807, 2.05) is 20.8 Å². The molecule has 0 aromatic carbocycles. The van der Waals surface area contributed by atoms with Crippen LogP contribution in [0.3, 0.4) is 0 Å². The van der Waals surface area contributed by atoms with Crippen molar-refractivity contribution in [3.05, 3.63) is 18.4 Å². The van der Waals surface area contributed by atoms with Crippen LogP contribution in [-0.4, -0.2) is 41.7 Å². The zero-order valence-electron chi connectivity index (χ0n) is 12.1. The summed E-state index contributed by atoms with van der Waals surface area (Å²) in [5.74, 6) is 0.806. The Morgan fingerprint density at radius 2 is 2.26 bits per heavy atom. The van der Waals surface area contributed by atoms with Crippen LogP contribution in [0.5, 0.6) is 0 Å². The number of aromatic nitrogens is 1. The fourth-order valence-corrected chi connectivity index (χ4v) is 1.41. The number of rotatable bonds is 6. The van der Waals surface area contributed by atoms with Gasteiger partial charge in [0.2, 0.25) is 0 Å². The maximum absolute atomic E-state index is 11.7. The molecule has 0 fully saturated rings. The molecule has 0 atom stereocenters. The molecule has 1 aromatic heterocycles. The predicted octanol–water partition coefficient (Wildman–Crippen LogP) is 2.02. The van der Waals surface area contributed by atoms with Crippen molar-refractivity contribution in [2.24, 2.45) is 0 Å². The third-order valence-electron chi connectivity index (χ3n) is 2.33. The van der Waals surface area contributed by atoms with E-state index in [-0.39, 0.29) is 6.09 Å². The molecule has 0 aliphatic heterocycles. The van der Waals surface area contributed by atoms with Gasteiger partial charge in [-0.3, -0.25) is 0 Å². The standard InChI is InChI=1S/C13H23N3O3/c1-13(2,3)19-12(17)16(4)7-5-6-14-8-11-9-15-10-18-11/h9-10,14H,5-8H2,1-4H3. The van der Waals surface area contributed by atoms with Gasteiger partial charge in [0.15, 0.2) is 6.39 Å². The van der Waals surface area contributed by atoms with Crippen molar-refractivity contribution in [3.63, 3.8) is 0 Å².